The van der Waals surface area contributed by atoms with E-state index in [-0.39, 0.29) is 74.9 Å². The third kappa shape index (κ3) is 13.6. The van der Waals surface area contributed by atoms with Crippen LogP contribution in [0.3, 0.4) is 0 Å². The van der Waals surface area contributed by atoms with Gasteiger partial charge in [-0.2, -0.15) is 17.6 Å². The zero-order chi connectivity index (χ0) is 59.1. The number of aromatic nitrogens is 6. The molecule has 6 heterocycles. The quantitative estimate of drug-likeness (QED) is 0.106. The Hall–Kier alpha value is -7.68. The van der Waals surface area contributed by atoms with Crippen molar-refractivity contribution in [3.63, 3.8) is 0 Å². The minimum absolute atomic E-state index is 0.00944. The molecule has 0 spiro atoms. The number of aliphatic hydroxyl groups is 2. The Morgan fingerprint density at radius 3 is 1.50 bits per heavy atom. The second kappa shape index (κ2) is 26.5. The molecule has 26 heteroatoms. The molecule has 4 aromatic heterocycles. The average Bonchev–Trinajstić information content (AvgIpc) is 3.23. The number of pyridine rings is 2. The number of para-hydroxylation sites is 2. The molecule has 434 valence electrons. The Balaban J connectivity index is 0.000000177. The first-order valence-corrected chi connectivity index (χ1v) is 27.1. The minimum atomic E-state index is -3.00. The van der Waals surface area contributed by atoms with Crippen LogP contribution in [0.4, 0.5) is 38.0 Å². The topological polar surface area (TPSA) is 186 Å². The van der Waals surface area contributed by atoms with Gasteiger partial charge in [0.05, 0.1) is 39.4 Å². The van der Waals surface area contributed by atoms with Crippen LogP contribution >= 0.6 is 31.9 Å². The third-order valence-corrected chi connectivity index (χ3v) is 15.1. The van der Waals surface area contributed by atoms with E-state index in [2.05, 4.69) is 56.2 Å². The number of rotatable bonds is 13. The van der Waals surface area contributed by atoms with Crippen molar-refractivity contribution in [2.45, 2.75) is 52.2 Å². The van der Waals surface area contributed by atoms with Crippen molar-refractivity contribution in [1.29, 1.82) is 0 Å². The first-order chi connectivity index (χ1) is 39.2. The molecule has 2 amide bonds. The van der Waals surface area contributed by atoms with E-state index >= 15 is 4.39 Å². The highest BCUT2D eigenvalue weighted by molar-refractivity contribution is 9.10. The number of benzene rings is 4. The van der Waals surface area contributed by atoms with Gasteiger partial charge in [-0.25, -0.2) is 18.7 Å². The number of anilines is 2. The average molecular weight is 1270 g/mol. The SMILES string of the molecule is C[C@@H]1CN(c2ccc(-c3cc4c(cc3F)c(=O)n(C)n4Cc3ccccc3OC(F)F)cn2)CCN1C(=O)CO.C[C@@H]1CN(c2ccc(Br)cn2)CCN1C(=O)CO.Cn1c(=O)c2cc(F)c(Br)cc2n1Cc1ccccc1OC(F)F. The molecule has 0 saturated carbocycles. The molecule has 0 radical (unpaired) electrons. The molecule has 0 bridgehead atoms. The molecular weight excluding hydrogens is 1210 g/mol. The Labute approximate surface area is 482 Å². The summed E-state index contributed by atoms with van der Waals surface area (Å²) in [5.74, 6) is -0.0482. The lowest BCUT2D eigenvalue weighted by Crippen LogP contribution is -2.55. The summed E-state index contributed by atoms with van der Waals surface area (Å²) in [6.07, 6.45) is 3.32. The molecule has 2 N–H and O–H groups in total. The molecule has 18 nitrogen and oxygen atoms in total. The summed E-state index contributed by atoms with van der Waals surface area (Å²) in [6.45, 7) is 0.780. The standard InChI is InChI=1S/C28H28F3N5O4.C16H12BrF3N2O2.C12H16BrN3O2/c1-17-14-34(9-10-35(17)26(38)16-37)25-8-7-18(13-32-25)20-12-23-21(11-22(20)29)27(39)33(2)36(23)15-19-5-3-4-6-24(19)40-28(30)31;1-21-15(23)10-6-12(18)11(17)7-13(10)22(21)8-9-4-2-3-5-14(9)24-16(19)20;1-9-7-15(4-5-16(9)12(18)8-17)11-3-2-10(13)6-14-11/h3-8,11-13,17,28,37H,9-10,14-16H2,1-2H3;2-7,16H,8H2,1H3;2-3,6,9,17H,4-5,7-8H2,1H3/t17-;;9-/m1.1/s1. The lowest BCUT2D eigenvalue weighted by molar-refractivity contribution is -0.137. The molecule has 2 aliphatic rings. The highest BCUT2D eigenvalue weighted by Gasteiger charge is 2.29. The Morgan fingerprint density at radius 2 is 1.07 bits per heavy atom. The second-order valence-electron chi connectivity index (χ2n) is 19.2. The lowest BCUT2D eigenvalue weighted by atomic mass is 10.0. The summed E-state index contributed by atoms with van der Waals surface area (Å²) in [5, 5.41) is 18.4. The fourth-order valence-corrected chi connectivity index (χ4v) is 10.5. The van der Waals surface area contributed by atoms with Crippen molar-refractivity contribution in [1.82, 2.24) is 38.5 Å². The van der Waals surface area contributed by atoms with Gasteiger partial charge in [0.2, 0.25) is 11.8 Å². The van der Waals surface area contributed by atoms with Crippen molar-refractivity contribution in [2.75, 3.05) is 62.3 Å². The lowest BCUT2D eigenvalue weighted by Gasteiger charge is -2.40. The first kappa shape index (κ1) is 60.4. The number of amides is 2. The zero-order valence-electron chi connectivity index (χ0n) is 44.6. The van der Waals surface area contributed by atoms with Crippen molar-refractivity contribution in [3.8, 4) is 22.6 Å². The smallest absolute Gasteiger partial charge is 0.387 e. The van der Waals surface area contributed by atoms with Gasteiger partial charge in [0.15, 0.2) is 0 Å². The van der Waals surface area contributed by atoms with Gasteiger partial charge < -0.3 is 39.3 Å². The van der Waals surface area contributed by atoms with E-state index in [9.17, 15) is 41.1 Å². The van der Waals surface area contributed by atoms with Gasteiger partial charge in [0.25, 0.3) is 11.1 Å². The molecular formula is C56H56Br2F6N10O8. The molecule has 4 aromatic carbocycles. The molecule has 2 saturated heterocycles. The Kier molecular flexibility index (Phi) is 19.5. The van der Waals surface area contributed by atoms with Gasteiger partial charge >= 0.3 is 13.2 Å². The molecule has 0 unspecified atom stereocenters. The van der Waals surface area contributed by atoms with Crippen LogP contribution in [0.1, 0.15) is 25.0 Å². The van der Waals surface area contributed by atoms with Crippen molar-refractivity contribution in [3.05, 3.63) is 162 Å². The highest BCUT2D eigenvalue weighted by Crippen LogP contribution is 2.31. The van der Waals surface area contributed by atoms with Crippen molar-refractivity contribution < 1.29 is 55.6 Å². The van der Waals surface area contributed by atoms with E-state index in [0.29, 0.717) is 59.7 Å². The Bertz CT molecular complexity index is 3700. The number of hydrogen-bond donors (Lipinski definition) is 2. The van der Waals surface area contributed by atoms with Gasteiger partial charge in [-0.3, -0.25) is 37.9 Å². The summed E-state index contributed by atoms with van der Waals surface area (Å²) in [5.41, 5.74) is 1.76. The number of alkyl halides is 4. The van der Waals surface area contributed by atoms with E-state index in [1.54, 1.807) is 86.2 Å². The van der Waals surface area contributed by atoms with E-state index in [1.165, 1.54) is 47.7 Å². The predicted octanol–water partition coefficient (Wildman–Crippen LogP) is 7.99. The molecule has 2 aliphatic heterocycles. The first-order valence-electron chi connectivity index (χ1n) is 25.5. The summed E-state index contributed by atoms with van der Waals surface area (Å²) >= 11 is 6.45. The van der Waals surface area contributed by atoms with Crippen LogP contribution < -0.4 is 30.4 Å². The third-order valence-electron chi connectivity index (χ3n) is 14.1. The van der Waals surface area contributed by atoms with E-state index in [0.717, 1.165) is 29.4 Å². The van der Waals surface area contributed by atoms with E-state index in [4.69, 9.17) is 10.2 Å². The summed E-state index contributed by atoms with van der Waals surface area (Å²) in [4.78, 5) is 65.0. The maximum absolute atomic E-state index is 15.3. The molecule has 82 heavy (non-hydrogen) atoms. The maximum atomic E-state index is 15.3. The van der Waals surface area contributed by atoms with E-state index in [1.807, 2.05) is 30.9 Å². The number of carbonyl (C=O) groups is 2. The molecule has 8 aromatic rings. The molecule has 2 fully saturated rings. The monoisotopic (exact) mass is 1270 g/mol. The summed E-state index contributed by atoms with van der Waals surface area (Å²) in [7, 11) is 3.06. The zero-order valence-corrected chi connectivity index (χ0v) is 47.8. The van der Waals surface area contributed by atoms with Crippen LogP contribution in [-0.4, -0.2) is 138 Å². The van der Waals surface area contributed by atoms with Crippen LogP contribution in [-0.2, 0) is 36.8 Å². The van der Waals surface area contributed by atoms with Crippen molar-refractivity contribution >= 4 is 77.1 Å². The number of carbonyl (C=O) groups excluding carboxylic acids is 2. The van der Waals surface area contributed by atoms with Gasteiger partial charge in [0.1, 0.15) is 48.0 Å². The molecule has 0 aliphatic carbocycles. The summed E-state index contributed by atoms with van der Waals surface area (Å²) in [6, 6.07) is 25.4. The summed E-state index contributed by atoms with van der Waals surface area (Å²) < 4.78 is 96.0. The number of aliphatic hydroxyl groups excluding tert-OH is 2. The number of ether oxygens (including phenoxy) is 2. The largest absolute Gasteiger partial charge is 0.434 e. The maximum Gasteiger partial charge on any atom is 0.387 e. The molecule has 10 rings (SSSR count). The van der Waals surface area contributed by atoms with Crippen LogP contribution in [0.25, 0.3) is 32.9 Å². The second-order valence-corrected chi connectivity index (χ2v) is 21.0. The number of nitrogens with zero attached hydrogens (tertiary/aromatic N) is 10. The number of hydrogen-bond acceptors (Lipinski definition) is 12. The fourth-order valence-electron chi connectivity index (χ4n) is 9.92. The van der Waals surface area contributed by atoms with E-state index < -0.39 is 43.6 Å². The number of fused-ring (bicyclic) bond motifs is 2. The highest BCUT2D eigenvalue weighted by atomic mass is 79.9. The van der Waals surface area contributed by atoms with Gasteiger partial charge in [0, 0.05) is 105 Å². The van der Waals surface area contributed by atoms with Crippen LogP contribution in [0.2, 0.25) is 0 Å². The Morgan fingerprint density at radius 1 is 0.622 bits per heavy atom. The van der Waals surface area contributed by atoms with Gasteiger partial charge in [-0.1, -0.05) is 36.4 Å². The van der Waals surface area contributed by atoms with Crippen molar-refractivity contribution in [2.24, 2.45) is 14.1 Å². The van der Waals surface area contributed by atoms with Gasteiger partial charge in [-0.15, -0.1) is 0 Å². The number of halogens is 8. The minimum Gasteiger partial charge on any atom is -0.434 e. The fraction of sp³-hybridized carbons (Fsp3) is 0.321. The van der Waals surface area contributed by atoms with Crippen LogP contribution in [0, 0.1) is 11.6 Å². The van der Waals surface area contributed by atoms with Gasteiger partial charge in [-0.05, 0) is 106 Å². The molecule has 2 atom stereocenters. The van der Waals surface area contributed by atoms with Crippen LogP contribution in [0.15, 0.2) is 128 Å². The normalized spacial score (nSPS) is 15.4. The number of piperazine rings is 2. The van der Waals surface area contributed by atoms with Crippen LogP contribution in [0.5, 0.6) is 11.5 Å². The predicted molar refractivity (Wildman–Crippen MR) is 302 cm³/mol.